The third-order valence-corrected chi connectivity index (χ3v) is 7.89. The summed E-state index contributed by atoms with van der Waals surface area (Å²) < 4.78 is 38.9. The molecule has 2 atom stereocenters. The first-order valence-electron chi connectivity index (χ1n) is 8.06. The van der Waals surface area contributed by atoms with Crippen molar-refractivity contribution in [2.24, 2.45) is 0 Å². The summed E-state index contributed by atoms with van der Waals surface area (Å²) in [7, 11) is -3.98. The van der Waals surface area contributed by atoms with Gasteiger partial charge in [0.15, 0.2) is 0 Å². The van der Waals surface area contributed by atoms with E-state index < -0.39 is 21.5 Å². The lowest BCUT2D eigenvalue weighted by molar-refractivity contribution is -0.142. The summed E-state index contributed by atoms with van der Waals surface area (Å²) in [5.41, 5.74) is 0.702. The smallest absolute Gasteiger partial charge is 0.264 e. The fourth-order valence-electron chi connectivity index (χ4n) is 3.61. The Hall–Kier alpha value is -1.79. The first kappa shape index (κ1) is 17.6. The van der Waals surface area contributed by atoms with Crippen molar-refractivity contribution in [2.75, 3.05) is 0 Å². The predicted molar refractivity (Wildman–Crippen MR) is 89.9 cm³/mol. The number of fused-ring (bicyclic) bond motifs is 2. The molecule has 2 bridgehead atoms. The van der Waals surface area contributed by atoms with Gasteiger partial charge in [-0.05, 0) is 25.0 Å². The number of ether oxygens (including phenoxy) is 1. The van der Waals surface area contributed by atoms with Crippen LogP contribution >= 0.6 is 11.3 Å². The minimum atomic E-state index is -3.98. The molecule has 140 valence electrons. The average Bonchev–Trinajstić information content (AvgIpc) is 3.34. The molecular weight excluding hydrogens is 382 g/mol. The van der Waals surface area contributed by atoms with Gasteiger partial charge in [0.2, 0.25) is 0 Å². The van der Waals surface area contributed by atoms with Gasteiger partial charge in [-0.25, -0.2) is 13.9 Å². The Morgan fingerprint density at radius 2 is 2.00 bits per heavy atom. The maximum absolute atomic E-state index is 12.9. The summed E-state index contributed by atoms with van der Waals surface area (Å²) in [6.07, 6.45) is 2.88. The molecule has 11 heteroatoms. The van der Waals surface area contributed by atoms with Gasteiger partial charge in [0.05, 0.1) is 17.1 Å². The van der Waals surface area contributed by atoms with E-state index in [2.05, 4.69) is 9.88 Å². The normalized spacial score (nSPS) is 28.2. The van der Waals surface area contributed by atoms with E-state index in [-0.39, 0.29) is 29.3 Å². The fraction of sp³-hybridized carbons (Fsp3) is 0.467. The lowest BCUT2D eigenvalue weighted by atomic mass is 9.87. The van der Waals surface area contributed by atoms with Crippen molar-refractivity contribution in [2.45, 2.75) is 47.6 Å². The van der Waals surface area contributed by atoms with Crippen LogP contribution in [0.5, 0.6) is 0 Å². The second-order valence-electron chi connectivity index (χ2n) is 6.50. The topological polar surface area (TPSA) is 131 Å². The lowest BCUT2D eigenvalue weighted by Gasteiger charge is -2.38. The second kappa shape index (κ2) is 6.43. The van der Waals surface area contributed by atoms with Gasteiger partial charge < -0.3 is 9.26 Å². The number of hydroxylamine groups is 1. The van der Waals surface area contributed by atoms with Crippen LogP contribution < -0.4 is 10.2 Å². The minimum absolute atomic E-state index is 0.0550. The number of rotatable bonds is 5. The van der Waals surface area contributed by atoms with Crippen LogP contribution in [0, 0.1) is 0 Å². The molecule has 0 saturated carbocycles. The highest BCUT2D eigenvalue weighted by atomic mass is 32.2. The van der Waals surface area contributed by atoms with Crippen LogP contribution in [0.2, 0.25) is 0 Å². The maximum Gasteiger partial charge on any atom is 0.264 e. The minimum Gasteiger partial charge on any atom is -0.375 e. The number of nitrogens with one attached hydrogen (secondary N) is 2. The van der Waals surface area contributed by atoms with Gasteiger partial charge in [0, 0.05) is 18.9 Å². The van der Waals surface area contributed by atoms with Crippen molar-refractivity contribution in [1.82, 2.24) is 15.4 Å². The SMILES string of the molecule is O=C(NO)C1(NS(=O)(=O)c2ccc(-c3ccon3)s2)CC2CCC(C1)O2. The van der Waals surface area contributed by atoms with E-state index >= 15 is 0 Å². The first-order valence-corrected chi connectivity index (χ1v) is 10.4. The highest BCUT2D eigenvalue weighted by molar-refractivity contribution is 7.91. The van der Waals surface area contributed by atoms with E-state index in [0.29, 0.717) is 10.6 Å². The Labute approximate surface area is 153 Å². The third kappa shape index (κ3) is 3.05. The molecule has 0 aromatic carbocycles. The van der Waals surface area contributed by atoms with Crippen LogP contribution in [0.3, 0.4) is 0 Å². The van der Waals surface area contributed by atoms with Crippen LogP contribution in [0.25, 0.3) is 10.6 Å². The van der Waals surface area contributed by atoms with Crippen LogP contribution in [-0.4, -0.2) is 42.4 Å². The predicted octanol–water partition coefficient (Wildman–Crippen LogP) is 1.27. The van der Waals surface area contributed by atoms with Crippen molar-refractivity contribution < 1.29 is 27.7 Å². The zero-order chi connectivity index (χ0) is 18.4. The van der Waals surface area contributed by atoms with Gasteiger partial charge in [-0.2, -0.15) is 4.72 Å². The van der Waals surface area contributed by atoms with E-state index in [1.54, 1.807) is 17.6 Å². The van der Waals surface area contributed by atoms with Crippen LogP contribution in [-0.2, 0) is 19.6 Å². The molecule has 2 saturated heterocycles. The summed E-state index contributed by atoms with van der Waals surface area (Å²) in [5, 5.41) is 12.9. The molecule has 2 aromatic rings. The maximum atomic E-state index is 12.9. The number of amides is 1. The van der Waals surface area contributed by atoms with Crippen LogP contribution in [0.1, 0.15) is 25.7 Å². The number of nitrogens with zero attached hydrogens (tertiary/aromatic N) is 1. The summed E-state index contributed by atoms with van der Waals surface area (Å²) >= 11 is 1.02. The van der Waals surface area contributed by atoms with Gasteiger partial charge in [-0.1, -0.05) is 5.16 Å². The zero-order valence-corrected chi connectivity index (χ0v) is 15.2. The Kier molecular flexibility index (Phi) is 4.35. The number of hydrogen-bond acceptors (Lipinski definition) is 8. The summed E-state index contributed by atoms with van der Waals surface area (Å²) in [4.78, 5) is 13.0. The lowest BCUT2D eigenvalue weighted by Crippen LogP contribution is -2.62. The van der Waals surface area contributed by atoms with Gasteiger partial charge in [0.25, 0.3) is 15.9 Å². The Morgan fingerprint density at radius 1 is 1.27 bits per heavy atom. The molecule has 1 amide bonds. The molecule has 3 N–H and O–H groups in total. The van der Waals surface area contributed by atoms with Crippen molar-refractivity contribution in [3.8, 4) is 10.6 Å². The Morgan fingerprint density at radius 3 is 2.62 bits per heavy atom. The summed E-state index contributed by atoms with van der Waals surface area (Å²) in [6.45, 7) is 0. The standard InChI is InChI=1S/C15H17N3O6S2/c19-14(16-20)15(7-9-1-2-10(8-15)24-9)18-26(21,22)13-4-3-12(25-13)11-5-6-23-17-11/h3-6,9-10,18,20H,1-2,7-8H2,(H,16,19). The monoisotopic (exact) mass is 399 g/mol. The van der Waals surface area contributed by atoms with Crippen molar-refractivity contribution in [1.29, 1.82) is 0 Å². The molecule has 2 aliphatic rings. The number of aromatic nitrogens is 1. The molecule has 2 aromatic heterocycles. The van der Waals surface area contributed by atoms with Crippen molar-refractivity contribution in [3.63, 3.8) is 0 Å². The molecule has 0 radical (unpaired) electrons. The number of hydrogen-bond donors (Lipinski definition) is 3. The summed E-state index contributed by atoms with van der Waals surface area (Å²) in [6, 6.07) is 4.71. The van der Waals surface area contributed by atoms with Gasteiger partial charge in [-0.3, -0.25) is 10.0 Å². The molecule has 0 spiro atoms. The molecular formula is C15H17N3O6S2. The van der Waals surface area contributed by atoms with E-state index in [0.717, 1.165) is 24.2 Å². The van der Waals surface area contributed by atoms with E-state index in [9.17, 15) is 13.2 Å². The molecule has 0 aliphatic carbocycles. The van der Waals surface area contributed by atoms with Gasteiger partial charge in [0.1, 0.15) is 21.7 Å². The van der Waals surface area contributed by atoms with Gasteiger partial charge >= 0.3 is 0 Å². The average molecular weight is 399 g/mol. The number of carbonyl (C=O) groups excluding carboxylic acids is 1. The Bertz CT molecular complexity index is 896. The summed E-state index contributed by atoms with van der Waals surface area (Å²) in [5.74, 6) is -0.769. The molecule has 4 heterocycles. The van der Waals surface area contributed by atoms with Crippen LogP contribution in [0.15, 0.2) is 33.2 Å². The third-order valence-electron chi connectivity index (χ3n) is 4.75. The number of sulfonamides is 1. The Balaban J connectivity index is 1.64. The van der Waals surface area contributed by atoms with Crippen molar-refractivity contribution in [3.05, 3.63) is 24.5 Å². The van der Waals surface area contributed by atoms with Crippen LogP contribution in [0.4, 0.5) is 0 Å². The molecule has 2 fully saturated rings. The number of carbonyl (C=O) groups is 1. The van der Waals surface area contributed by atoms with E-state index in [1.165, 1.54) is 12.3 Å². The van der Waals surface area contributed by atoms with E-state index in [1.807, 2.05) is 0 Å². The zero-order valence-electron chi connectivity index (χ0n) is 13.5. The fourth-order valence-corrected chi connectivity index (χ4v) is 6.27. The van der Waals surface area contributed by atoms with Crippen molar-refractivity contribution >= 4 is 27.3 Å². The molecule has 2 aliphatic heterocycles. The second-order valence-corrected chi connectivity index (χ2v) is 9.49. The first-order chi connectivity index (χ1) is 12.4. The molecule has 26 heavy (non-hydrogen) atoms. The molecule has 2 unspecified atom stereocenters. The molecule has 4 rings (SSSR count). The number of thiophene rings is 1. The highest BCUT2D eigenvalue weighted by Gasteiger charge is 2.51. The highest BCUT2D eigenvalue weighted by Crippen LogP contribution is 2.40. The largest absolute Gasteiger partial charge is 0.375 e. The van der Waals surface area contributed by atoms with Gasteiger partial charge in [-0.15, -0.1) is 11.3 Å². The quantitative estimate of drug-likeness (QED) is 0.510. The van der Waals surface area contributed by atoms with E-state index in [4.69, 9.17) is 14.5 Å². The molecule has 9 nitrogen and oxygen atoms in total.